The third kappa shape index (κ3) is 5.13. The van der Waals surface area contributed by atoms with Crippen molar-refractivity contribution in [2.24, 2.45) is 0 Å². The van der Waals surface area contributed by atoms with E-state index in [4.69, 9.17) is 11.6 Å². The molecule has 3 aromatic rings. The van der Waals surface area contributed by atoms with E-state index in [2.05, 4.69) is 9.71 Å². The Morgan fingerprint density at radius 2 is 1.79 bits per heavy atom. The molecule has 0 amide bonds. The van der Waals surface area contributed by atoms with Gasteiger partial charge < -0.3 is 0 Å². The number of carbonyl (C=O) groups excluding carboxylic acids is 1. The Morgan fingerprint density at radius 1 is 1.04 bits per heavy atom. The predicted octanol–water partition coefficient (Wildman–Crippen LogP) is 4.11. The summed E-state index contributed by atoms with van der Waals surface area (Å²) in [5.74, 6) is -0.225. The van der Waals surface area contributed by atoms with Crippen LogP contribution < -0.4 is 4.72 Å². The largest absolute Gasteiger partial charge is 0.289 e. The van der Waals surface area contributed by atoms with Crippen LogP contribution in [0.25, 0.3) is 6.08 Å². The van der Waals surface area contributed by atoms with Crippen molar-refractivity contribution >= 4 is 33.5 Å². The first kappa shape index (κ1) is 19.9. The summed E-state index contributed by atoms with van der Waals surface area (Å²) in [6, 6.07) is 16.4. The summed E-state index contributed by atoms with van der Waals surface area (Å²) in [5.41, 5.74) is 1.88. The van der Waals surface area contributed by atoms with Crippen molar-refractivity contribution in [2.75, 3.05) is 0 Å². The summed E-state index contributed by atoms with van der Waals surface area (Å²) in [5, 5.41) is 0.492. The number of benzene rings is 2. The van der Waals surface area contributed by atoms with Crippen LogP contribution in [0.5, 0.6) is 0 Å². The molecule has 0 saturated heterocycles. The first-order valence-electron chi connectivity index (χ1n) is 8.41. The Kier molecular flexibility index (Phi) is 6.36. The summed E-state index contributed by atoms with van der Waals surface area (Å²) in [6.07, 6.45) is 6.38. The minimum atomic E-state index is -3.72. The fourth-order valence-electron chi connectivity index (χ4n) is 2.44. The fourth-order valence-corrected chi connectivity index (χ4v) is 3.65. The van der Waals surface area contributed by atoms with Gasteiger partial charge in [-0.3, -0.25) is 9.78 Å². The summed E-state index contributed by atoms with van der Waals surface area (Å²) >= 11 is 6.05. The third-order valence-electron chi connectivity index (χ3n) is 3.97. The lowest BCUT2D eigenvalue weighted by molar-refractivity contribution is 0.104. The van der Waals surface area contributed by atoms with E-state index in [9.17, 15) is 13.2 Å². The summed E-state index contributed by atoms with van der Waals surface area (Å²) in [7, 11) is -3.72. The van der Waals surface area contributed by atoms with Gasteiger partial charge in [-0.05, 0) is 59.7 Å². The second-order valence-electron chi connectivity index (χ2n) is 5.92. The van der Waals surface area contributed by atoms with Crippen molar-refractivity contribution in [3.8, 4) is 0 Å². The molecule has 0 spiro atoms. The summed E-state index contributed by atoms with van der Waals surface area (Å²) in [4.78, 5) is 16.3. The zero-order valence-corrected chi connectivity index (χ0v) is 16.3. The maximum Gasteiger partial charge on any atom is 0.240 e. The number of nitrogens with zero attached hydrogens (tertiary/aromatic N) is 1. The van der Waals surface area contributed by atoms with E-state index in [1.54, 1.807) is 48.8 Å². The maximum atomic E-state index is 12.4. The van der Waals surface area contributed by atoms with Gasteiger partial charge in [0, 0.05) is 29.5 Å². The minimum Gasteiger partial charge on any atom is -0.289 e. The maximum absolute atomic E-state index is 12.4. The molecule has 3 rings (SSSR count). The third-order valence-corrected chi connectivity index (χ3v) is 5.76. The van der Waals surface area contributed by atoms with Gasteiger partial charge in [0.05, 0.1) is 4.90 Å². The molecule has 0 aliphatic heterocycles. The van der Waals surface area contributed by atoms with Crippen LogP contribution in [-0.4, -0.2) is 19.2 Å². The van der Waals surface area contributed by atoms with E-state index in [1.165, 1.54) is 30.3 Å². The van der Waals surface area contributed by atoms with E-state index in [-0.39, 0.29) is 17.2 Å². The Balaban J connectivity index is 1.68. The number of nitrogens with one attached hydrogen (secondary N) is 1. The number of pyridine rings is 1. The number of hydrogen-bond donors (Lipinski definition) is 1. The SMILES string of the molecule is O=C(C=Cc1cccnc1)c1ccc(S(=O)(=O)NCc2ccccc2Cl)cc1. The minimum absolute atomic E-state index is 0.0762. The Hall–Kier alpha value is -2.80. The lowest BCUT2D eigenvalue weighted by atomic mass is 10.1. The summed E-state index contributed by atoms with van der Waals surface area (Å²) in [6.45, 7) is 0.0799. The van der Waals surface area contributed by atoms with Gasteiger partial charge in [0.1, 0.15) is 0 Å². The number of ketones is 1. The van der Waals surface area contributed by atoms with Crippen molar-refractivity contribution in [3.05, 3.63) is 101 Å². The van der Waals surface area contributed by atoms with Crippen LogP contribution in [0.3, 0.4) is 0 Å². The van der Waals surface area contributed by atoms with Crippen LogP contribution in [0.4, 0.5) is 0 Å². The molecular formula is C21H17ClN2O3S. The van der Waals surface area contributed by atoms with Crippen molar-refractivity contribution in [1.82, 2.24) is 9.71 Å². The number of sulfonamides is 1. The van der Waals surface area contributed by atoms with E-state index in [1.807, 2.05) is 6.07 Å². The second kappa shape index (κ2) is 8.93. The van der Waals surface area contributed by atoms with Crippen LogP contribution in [0.15, 0.2) is 84.0 Å². The standard InChI is InChI=1S/C21H17ClN2O3S/c22-20-6-2-1-5-18(20)15-24-28(26,27)19-10-8-17(9-11-19)21(25)12-7-16-4-3-13-23-14-16/h1-14,24H,15H2. The fraction of sp³-hybridized carbons (Fsp3) is 0.0476. The lowest BCUT2D eigenvalue weighted by Crippen LogP contribution is -2.23. The highest BCUT2D eigenvalue weighted by Crippen LogP contribution is 2.17. The van der Waals surface area contributed by atoms with Crippen molar-refractivity contribution < 1.29 is 13.2 Å². The number of rotatable bonds is 7. The molecule has 7 heteroatoms. The van der Waals surface area contributed by atoms with Gasteiger partial charge in [-0.15, -0.1) is 0 Å². The van der Waals surface area contributed by atoms with Crippen LogP contribution in [0, 0.1) is 0 Å². The van der Waals surface area contributed by atoms with Gasteiger partial charge in [0.15, 0.2) is 5.78 Å². The average Bonchev–Trinajstić information content (AvgIpc) is 2.72. The molecule has 142 valence electrons. The first-order chi connectivity index (χ1) is 13.5. The van der Waals surface area contributed by atoms with E-state index >= 15 is 0 Å². The van der Waals surface area contributed by atoms with Crippen molar-refractivity contribution in [3.63, 3.8) is 0 Å². The van der Waals surface area contributed by atoms with E-state index < -0.39 is 10.0 Å². The zero-order chi connectivity index (χ0) is 20.0. The van der Waals surface area contributed by atoms with Gasteiger partial charge in [-0.1, -0.05) is 35.9 Å². The Bertz CT molecular complexity index is 1100. The molecule has 0 saturated carbocycles. The van der Waals surface area contributed by atoms with Gasteiger partial charge in [0.25, 0.3) is 0 Å². The summed E-state index contributed by atoms with van der Waals surface area (Å²) < 4.78 is 27.4. The second-order valence-corrected chi connectivity index (χ2v) is 8.10. The highest BCUT2D eigenvalue weighted by molar-refractivity contribution is 7.89. The van der Waals surface area contributed by atoms with Crippen LogP contribution in [0.2, 0.25) is 5.02 Å². The quantitative estimate of drug-likeness (QED) is 0.468. The number of hydrogen-bond acceptors (Lipinski definition) is 4. The van der Waals surface area contributed by atoms with Crippen molar-refractivity contribution in [2.45, 2.75) is 11.4 Å². The molecule has 1 aromatic heterocycles. The molecule has 0 bridgehead atoms. The van der Waals surface area contributed by atoms with Gasteiger partial charge >= 0.3 is 0 Å². The predicted molar refractivity (Wildman–Crippen MR) is 110 cm³/mol. The van der Waals surface area contributed by atoms with Gasteiger partial charge in [0.2, 0.25) is 10.0 Å². The molecule has 0 aliphatic carbocycles. The monoisotopic (exact) mass is 412 g/mol. The number of allylic oxidation sites excluding steroid dienone is 1. The number of carbonyl (C=O) groups is 1. The zero-order valence-electron chi connectivity index (χ0n) is 14.7. The topological polar surface area (TPSA) is 76.1 Å². The first-order valence-corrected chi connectivity index (χ1v) is 10.3. The molecule has 2 aromatic carbocycles. The molecule has 0 aliphatic rings. The van der Waals surface area contributed by atoms with Gasteiger partial charge in [-0.2, -0.15) is 0 Å². The Morgan fingerprint density at radius 3 is 2.46 bits per heavy atom. The van der Waals surface area contributed by atoms with Crippen LogP contribution in [-0.2, 0) is 16.6 Å². The molecule has 0 fully saturated rings. The van der Waals surface area contributed by atoms with Crippen LogP contribution >= 0.6 is 11.6 Å². The highest BCUT2D eigenvalue weighted by atomic mass is 35.5. The Labute approximate surface area is 168 Å². The average molecular weight is 413 g/mol. The highest BCUT2D eigenvalue weighted by Gasteiger charge is 2.15. The number of aromatic nitrogens is 1. The normalized spacial score (nSPS) is 11.6. The molecule has 0 atom stereocenters. The molecular weight excluding hydrogens is 396 g/mol. The van der Waals surface area contributed by atoms with E-state index in [0.717, 1.165) is 5.56 Å². The molecule has 0 unspecified atom stereocenters. The smallest absolute Gasteiger partial charge is 0.240 e. The lowest BCUT2D eigenvalue weighted by Gasteiger charge is -2.08. The van der Waals surface area contributed by atoms with Crippen molar-refractivity contribution in [1.29, 1.82) is 0 Å². The molecule has 1 N–H and O–H groups in total. The van der Waals surface area contributed by atoms with Crippen LogP contribution in [0.1, 0.15) is 21.5 Å². The molecule has 5 nitrogen and oxygen atoms in total. The van der Waals surface area contributed by atoms with E-state index in [0.29, 0.717) is 16.1 Å². The number of halogens is 1. The van der Waals surface area contributed by atoms with Gasteiger partial charge in [-0.25, -0.2) is 13.1 Å². The molecule has 28 heavy (non-hydrogen) atoms. The molecule has 0 radical (unpaired) electrons. The molecule has 1 heterocycles.